The highest BCUT2D eigenvalue weighted by molar-refractivity contribution is 7.88. The van der Waals surface area contributed by atoms with Gasteiger partial charge in [0, 0.05) is 56.8 Å². The minimum Gasteiger partial charge on any atom is -0.488 e. The molecule has 1 unspecified atom stereocenters. The third kappa shape index (κ3) is 4.93. The van der Waals surface area contributed by atoms with Gasteiger partial charge in [-0.2, -0.15) is 9.40 Å². The van der Waals surface area contributed by atoms with E-state index in [0.29, 0.717) is 55.4 Å². The van der Waals surface area contributed by atoms with Crippen molar-refractivity contribution >= 4 is 38.7 Å². The van der Waals surface area contributed by atoms with Gasteiger partial charge in [0.25, 0.3) is 0 Å². The lowest BCUT2D eigenvalue weighted by Gasteiger charge is -2.34. The monoisotopic (exact) mass is 518 g/mol. The van der Waals surface area contributed by atoms with Crippen molar-refractivity contribution in [1.29, 1.82) is 0 Å². The molecular formula is C23H27ClN6O4S. The van der Waals surface area contributed by atoms with Crippen LogP contribution in [0.15, 0.2) is 36.8 Å². The number of aromatic nitrogens is 3. The number of amides is 1. The van der Waals surface area contributed by atoms with Crippen molar-refractivity contribution < 1.29 is 17.9 Å². The second-order valence-electron chi connectivity index (χ2n) is 9.02. The third-order valence-electron chi connectivity index (χ3n) is 6.63. The number of hydrogen-bond donors (Lipinski definition) is 1. The van der Waals surface area contributed by atoms with Crippen molar-refractivity contribution in [2.75, 3.05) is 43.9 Å². The van der Waals surface area contributed by atoms with Crippen LogP contribution in [0, 0.1) is 5.92 Å². The van der Waals surface area contributed by atoms with E-state index in [2.05, 4.69) is 20.3 Å². The number of carbonyl (C=O) groups is 1. The summed E-state index contributed by atoms with van der Waals surface area (Å²) in [5.74, 6) is 0.696. The van der Waals surface area contributed by atoms with Gasteiger partial charge in [0.2, 0.25) is 15.9 Å². The molecule has 0 radical (unpaired) electrons. The summed E-state index contributed by atoms with van der Waals surface area (Å²) in [5.41, 5.74) is 3.16. The maximum Gasteiger partial charge on any atom is 0.220 e. The standard InChI is InChI=1S/C23H27ClN6O4S/c1-15(16-10-22(31)26-11-16)34-21-9-17(14-30-23(21)19(24)13-27-30)20-4-3-18(12-25-20)28-5-7-29(8-6-28)35(2,32)33/h3-4,9,12-16H,5-8,10-11H2,1-2H3,(H,26,31)/t15-,16?/m1/s1. The summed E-state index contributed by atoms with van der Waals surface area (Å²) in [6.07, 6.45) is 6.71. The van der Waals surface area contributed by atoms with Crippen LogP contribution in [-0.2, 0) is 14.8 Å². The summed E-state index contributed by atoms with van der Waals surface area (Å²) >= 11 is 6.40. The minimum atomic E-state index is -3.17. The molecule has 3 aromatic rings. The van der Waals surface area contributed by atoms with Crippen LogP contribution in [-0.4, -0.2) is 78.3 Å². The van der Waals surface area contributed by atoms with E-state index < -0.39 is 10.0 Å². The van der Waals surface area contributed by atoms with E-state index in [1.165, 1.54) is 10.6 Å². The molecule has 2 saturated heterocycles. The van der Waals surface area contributed by atoms with Crippen LogP contribution < -0.4 is 15.0 Å². The van der Waals surface area contributed by atoms with E-state index in [9.17, 15) is 13.2 Å². The van der Waals surface area contributed by atoms with Gasteiger partial charge in [-0.25, -0.2) is 12.9 Å². The number of nitrogens with one attached hydrogen (secondary N) is 1. The summed E-state index contributed by atoms with van der Waals surface area (Å²) in [6.45, 7) is 4.68. The Labute approximate surface area is 208 Å². The molecule has 0 aromatic carbocycles. The van der Waals surface area contributed by atoms with Crippen LogP contribution >= 0.6 is 11.6 Å². The molecule has 3 aromatic heterocycles. The Kier molecular flexibility index (Phi) is 6.32. The van der Waals surface area contributed by atoms with Crippen LogP contribution in [0.25, 0.3) is 16.8 Å². The maximum absolute atomic E-state index is 11.8. The van der Waals surface area contributed by atoms with Gasteiger partial charge in [0.05, 0.1) is 35.1 Å². The number of halogens is 1. The van der Waals surface area contributed by atoms with Crippen LogP contribution in [0.5, 0.6) is 5.75 Å². The fourth-order valence-electron chi connectivity index (χ4n) is 4.56. The van der Waals surface area contributed by atoms with Gasteiger partial charge in [-0.05, 0) is 25.1 Å². The molecule has 1 N–H and O–H groups in total. The SMILES string of the molecule is C[C@@H](Oc1cc(-c2ccc(N3CCN(S(C)(=O)=O)CC3)cn2)cn2ncc(Cl)c12)C1CNC(=O)C1. The second-order valence-corrected chi connectivity index (χ2v) is 11.4. The number of anilines is 1. The summed E-state index contributed by atoms with van der Waals surface area (Å²) in [4.78, 5) is 18.4. The van der Waals surface area contributed by atoms with E-state index in [0.717, 1.165) is 16.9 Å². The maximum atomic E-state index is 11.8. The van der Waals surface area contributed by atoms with E-state index in [1.807, 2.05) is 31.3 Å². The molecule has 0 bridgehead atoms. The first kappa shape index (κ1) is 23.8. The van der Waals surface area contributed by atoms with Crippen LogP contribution in [0.2, 0.25) is 5.02 Å². The van der Waals surface area contributed by atoms with Gasteiger partial charge in [0.15, 0.2) is 0 Å². The zero-order valence-corrected chi connectivity index (χ0v) is 21.1. The van der Waals surface area contributed by atoms with Crippen molar-refractivity contribution in [1.82, 2.24) is 24.2 Å². The van der Waals surface area contributed by atoms with Gasteiger partial charge < -0.3 is 15.0 Å². The van der Waals surface area contributed by atoms with Crippen molar-refractivity contribution in [3.8, 4) is 17.0 Å². The average Bonchev–Trinajstić information content (AvgIpc) is 3.44. The second kappa shape index (κ2) is 9.29. The summed E-state index contributed by atoms with van der Waals surface area (Å²) in [5, 5.41) is 7.68. The number of sulfonamides is 1. The molecule has 5 heterocycles. The third-order valence-corrected chi connectivity index (χ3v) is 8.21. The van der Waals surface area contributed by atoms with Gasteiger partial charge in [-0.1, -0.05) is 11.6 Å². The predicted molar refractivity (Wildman–Crippen MR) is 133 cm³/mol. The van der Waals surface area contributed by atoms with Crippen molar-refractivity contribution in [3.63, 3.8) is 0 Å². The molecular weight excluding hydrogens is 492 g/mol. The quantitative estimate of drug-likeness (QED) is 0.531. The smallest absolute Gasteiger partial charge is 0.220 e. The molecule has 10 nitrogen and oxygen atoms in total. The Morgan fingerprint density at radius 2 is 1.97 bits per heavy atom. The van der Waals surface area contributed by atoms with Gasteiger partial charge in [-0.3, -0.25) is 9.78 Å². The lowest BCUT2D eigenvalue weighted by Crippen LogP contribution is -2.48. The topological polar surface area (TPSA) is 109 Å². The molecule has 35 heavy (non-hydrogen) atoms. The summed E-state index contributed by atoms with van der Waals surface area (Å²) in [7, 11) is -3.17. The minimum absolute atomic E-state index is 0.0359. The van der Waals surface area contributed by atoms with Crippen LogP contribution in [0.3, 0.4) is 0 Å². The molecule has 0 saturated carbocycles. The number of rotatable bonds is 6. The molecule has 0 aliphatic carbocycles. The highest BCUT2D eigenvalue weighted by atomic mass is 35.5. The van der Waals surface area contributed by atoms with Gasteiger partial charge in [-0.15, -0.1) is 0 Å². The van der Waals surface area contributed by atoms with E-state index in [-0.39, 0.29) is 17.9 Å². The normalized spacial score (nSPS) is 20.3. The number of carbonyl (C=O) groups excluding carboxylic acids is 1. The highest BCUT2D eigenvalue weighted by Crippen LogP contribution is 2.34. The van der Waals surface area contributed by atoms with Gasteiger partial charge in [0.1, 0.15) is 17.4 Å². The summed E-state index contributed by atoms with van der Waals surface area (Å²) in [6, 6.07) is 5.81. The molecule has 5 rings (SSSR count). The van der Waals surface area contributed by atoms with Crippen molar-refractivity contribution in [3.05, 3.63) is 41.8 Å². The average molecular weight is 519 g/mol. The number of nitrogens with zero attached hydrogens (tertiary/aromatic N) is 5. The Balaban J connectivity index is 1.37. The first-order chi connectivity index (χ1) is 16.7. The molecule has 2 fully saturated rings. The lowest BCUT2D eigenvalue weighted by molar-refractivity contribution is -0.119. The Hall–Kier alpha value is -2.89. The van der Waals surface area contributed by atoms with Crippen LogP contribution in [0.1, 0.15) is 13.3 Å². The zero-order chi connectivity index (χ0) is 24.7. The number of ether oxygens (including phenoxy) is 1. The van der Waals surface area contributed by atoms with E-state index in [1.54, 1.807) is 16.9 Å². The largest absolute Gasteiger partial charge is 0.488 e. The van der Waals surface area contributed by atoms with E-state index >= 15 is 0 Å². The fraction of sp³-hybridized carbons (Fsp3) is 0.435. The molecule has 2 atom stereocenters. The Bertz CT molecular complexity index is 1350. The Morgan fingerprint density at radius 3 is 2.60 bits per heavy atom. The number of piperazine rings is 1. The predicted octanol–water partition coefficient (Wildman–Crippen LogP) is 2.03. The fourth-order valence-corrected chi connectivity index (χ4v) is 5.61. The highest BCUT2D eigenvalue weighted by Gasteiger charge is 2.29. The van der Waals surface area contributed by atoms with Crippen molar-refractivity contribution in [2.24, 2.45) is 5.92 Å². The number of fused-ring (bicyclic) bond motifs is 1. The molecule has 1 amide bonds. The van der Waals surface area contributed by atoms with E-state index in [4.69, 9.17) is 16.3 Å². The number of hydrogen-bond acceptors (Lipinski definition) is 7. The first-order valence-electron chi connectivity index (χ1n) is 11.5. The molecule has 2 aliphatic rings. The Morgan fingerprint density at radius 1 is 1.20 bits per heavy atom. The molecule has 186 valence electrons. The summed E-state index contributed by atoms with van der Waals surface area (Å²) < 4.78 is 33.0. The molecule has 0 spiro atoms. The zero-order valence-electron chi connectivity index (χ0n) is 19.5. The molecule has 12 heteroatoms. The lowest BCUT2D eigenvalue weighted by atomic mass is 10.0. The van der Waals surface area contributed by atoms with Crippen LogP contribution in [0.4, 0.5) is 5.69 Å². The number of pyridine rings is 2. The van der Waals surface area contributed by atoms with Gasteiger partial charge >= 0.3 is 0 Å². The first-order valence-corrected chi connectivity index (χ1v) is 13.7. The van der Waals surface area contributed by atoms with Crippen molar-refractivity contribution in [2.45, 2.75) is 19.4 Å². The molecule has 2 aliphatic heterocycles.